The van der Waals surface area contributed by atoms with Crippen molar-refractivity contribution in [2.45, 2.75) is 26.8 Å². The largest absolute Gasteiger partial charge is 0.326 e. The van der Waals surface area contributed by atoms with Crippen molar-refractivity contribution >= 4 is 45.6 Å². The Labute approximate surface area is 161 Å². The SMILES string of the molecule is CC(=O)Nc1cccc(NC(=O)CN2CCc3nc(NC(C)=O)sc3C2)c1. The molecule has 1 aliphatic rings. The molecule has 3 N–H and O–H groups in total. The van der Waals surface area contributed by atoms with Gasteiger partial charge in [-0.15, -0.1) is 11.3 Å². The lowest BCUT2D eigenvalue weighted by Gasteiger charge is -2.25. The van der Waals surface area contributed by atoms with Gasteiger partial charge in [-0.25, -0.2) is 4.98 Å². The van der Waals surface area contributed by atoms with Gasteiger partial charge in [0.15, 0.2) is 5.13 Å². The first-order valence-electron chi connectivity index (χ1n) is 8.55. The van der Waals surface area contributed by atoms with Gasteiger partial charge < -0.3 is 16.0 Å². The van der Waals surface area contributed by atoms with Crippen LogP contribution < -0.4 is 16.0 Å². The molecule has 0 fully saturated rings. The van der Waals surface area contributed by atoms with Crippen molar-refractivity contribution in [1.29, 1.82) is 0 Å². The fourth-order valence-corrected chi connectivity index (χ4v) is 3.97. The minimum absolute atomic E-state index is 0.120. The first-order chi connectivity index (χ1) is 12.9. The summed E-state index contributed by atoms with van der Waals surface area (Å²) in [4.78, 5) is 42.2. The van der Waals surface area contributed by atoms with E-state index in [0.29, 0.717) is 23.1 Å². The number of hydrogen-bond donors (Lipinski definition) is 3. The van der Waals surface area contributed by atoms with E-state index in [1.165, 1.54) is 25.2 Å². The van der Waals surface area contributed by atoms with Crippen molar-refractivity contribution in [3.8, 4) is 0 Å². The number of thiazole rings is 1. The minimum Gasteiger partial charge on any atom is -0.326 e. The summed E-state index contributed by atoms with van der Waals surface area (Å²) in [5.41, 5.74) is 2.26. The molecule has 0 saturated heterocycles. The molecule has 1 aromatic heterocycles. The van der Waals surface area contributed by atoms with Crippen molar-refractivity contribution < 1.29 is 14.4 Å². The molecule has 0 spiro atoms. The van der Waals surface area contributed by atoms with Gasteiger partial charge in [-0.2, -0.15) is 0 Å². The van der Waals surface area contributed by atoms with Gasteiger partial charge in [0.25, 0.3) is 0 Å². The summed E-state index contributed by atoms with van der Waals surface area (Å²) in [6.07, 6.45) is 0.747. The number of nitrogens with one attached hydrogen (secondary N) is 3. The third-order valence-corrected chi connectivity index (χ3v) is 4.92. The molecule has 2 aromatic rings. The highest BCUT2D eigenvalue weighted by Gasteiger charge is 2.22. The Kier molecular flexibility index (Phi) is 5.82. The lowest BCUT2D eigenvalue weighted by atomic mass is 10.2. The maximum Gasteiger partial charge on any atom is 0.238 e. The van der Waals surface area contributed by atoms with Crippen LogP contribution in [0.25, 0.3) is 0 Å². The van der Waals surface area contributed by atoms with Crippen LogP contribution in [-0.4, -0.2) is 40.7 Å². The van der Waals surface area contributed by atoms with E-state index >= 15 is 0 Å². The predicted octanol–water partition coefficient (Wildman–Crippen LogP) is 2.06. The summed E-state index contributed by atoms with van der Waals surface area (Å²) in [7, 11) is 0. The van der Waals surface area contributed by atoms with Crippen LogP contribution >= 0.6 is 11.3 Å². The molecule has 0 radical (unpaired) electrons. The van der Waals surface area contributed by atoms with Crippen LogP contribution in [0, 0.1) is 0 Å². The first-order valence-corrected chi connectivity index (χ1v) is 9.37. The van der Waals surface area contributed by atoms with Gasteiger partial charge in [0.05, 0.1) is 12.2 Å². The molecule has 9 heteroatoms. The number of carbonyl (C=O) groups excluding carboxylic acids is 3. The summed E-state index contributed by atoms with van der Waals surface area (Å²) in [6, 6.07) is 7.03. The quantitative estimate of drug-likeness (QED) is 0.729. The topological polar surface area (TPSA) is 103 Å². The number of nitrogens with zero attached hydrogens (tertiary/aromatic N) is 2. The number of hydrogen-bond acceptors (Lipinski definition) is 6. The fourth-order valence-electron chi connectivity index (χ4n) is 2.87. The van der Waals surface area contributed by atoms with E-state index in [1.54, 1.807) is 24.3 Å². The maximum atomic E-state index is 12.4. The second-order valence-corrected chi connectivity index (χ2v) is 7.42. The molecule has 1 aliphatic heterocycles. The Bertz CT molecular complexity index is 880. The molecule has 0 bridgehead atoms. The Morgan fingerprint density at radius 1 is 1.11 bits per heavy atom. The number of benzene rings is 1. The van der Waals surface area contributed by atoms with E-state index in [1.807, 2.05) is 4.90 Å². The number of rotatable bonds is 5. The predicted molar refractivity (Wildman–Crippen MR) is 105 cm³/mol. The van der Waals surface area contributed by atoms with E-state index in [2.05, 4.69) is 20.9 Å². The van der Waals surface area contributed by atoms with Crippen LogP contribution in [0.3, 0.4) is 0 Å². The fraction of sp³-hybridized carbons (Fsp3) is 0.333. The second-order valence-electron chi connectivity index (χ2n) is 6.34. The molecule has 8 nitrogen and oxygen atoms in total. The number of carbonyl (C=O) groups is 3. The van der Waals surface area contributed by atoms with Gasteiger partial charge in [-0.3, -0.25) is 19.3 Å². The van der Waals surface area contributed by atoms with Crippen molar-refractivity contribution in [1.82, 2.24) is 9.88 Å². The first kappa shape index (κ1) is 19.0. The summed E-state index contributed by atoms with van der Waals surface area (Å²) in [6.45, 7) is 4.52. The van der Waals surface area contributed by atoms with E-state index in [9.17, 15) is 14.4 Å². The van der Waals surface area contributed by atoms with Crippen LogP contribution in [-0.2, 0) is 27.3 Å². The molecule has 27 heavy (non-hydrogen) atoms. The molecule has 0 unspecified atom stereocenters. The minimum atomic E-state index is -0.161. The lowest BCUT2D eigenvalue weighted by molar-refractivity contribution is -0.117. The number of anilines is 3. The Morgan fingerprint density at radius 3 is 2.52 bits per heavy atom. The molecule has 3 rings (SSSR count). The normalized spacial score (nSPS) is 13.6. The third kappa shape index (κ3) is 5.35. The number of aromatic nitrogens is 1. The molecule has 2 heterocycles. The zero-order chi connectivity index (χ0) is 19.4. The Balaban J connectivity index is 1.56. The highest BCUT2D eigenvalue weighted by molar-refractivity contribution is 7.15. The molecule has 0 atom stereocenters. The highest BCUT2D eigenvalue weighted by Crippen LogP contribution is 2.28. The van der Waals surface area contributed by atoms with Crippen LogP contribution in [0.15, 0.2) is 24.3 Å². The second kappa shape index (κ2) is 8.28. The van der Waals surface area contributed by atoms with Gasteiger partial charge in [0, 0.05) is 49.6 Å². The summed E-state index contributed by atoms with van der Waals surface area (Å²) < 4.78 is 0. The number of fused-ring (bicyclic) bond motifs is 1. The molecule has 3 amide bonds. The van der Waals surface area contributed by atoms with Gasteiger partial charge in [-0.1, -0.05) is 6.07 Å². The molecule has 0 saturated carbocycles. The molecule has 142 valence electrons. The average Bonchev–Trinajstić information content (AvgIpc) is 2.95. The van der Waals surface area contributed by atoms with Crippen molar-refractivity contribution in [3.63, 3.8) is 0 Å². The van der Waals surface area contributed by atoms with Gasteiger partial charge in [0.1, 0.15) is 0 Å². The van der Waals surface area contributed by atoms with Crippen LogP contribution in [0.1, 0.15) is 24.4 Å². The lowest BCUT2D eigenvalue weighted by Crippen LogP contribution is -2.36. The highest BCUT2D eigenvalue weighted by atomic mass is 32.1. The summed E-state index contributed by atoms with van der Waals surface area (Å²) in [5, 5.41) is 8.86. The van der Waals surface area contributed by atoms with E-state index in [-0.39, 0.29) is 24.3 Å². The van der Waals surface area contributed by atoms with Gasteiger partial charge >= 0.3 is 0 Å². The van der Waals surface area contributed by atoms with E-state index in [4.69, 9.17) is 0 Å². The van der Waals surface area contributed by atoms with Crippen molar-refractivity contribution in [3.05, 3.63) is 34.8 Å². The summed E-state index contributed by atoms with van der Waals surface area (Å²) in [5.74, 6) is -0.422. The van der Waals surface area contributed by atoms with E-state index < -0.39 is 0 Å². The molecular weight excluding hydrogens is 366 g/mol. The average molecular weight is 387 g/mol. The van der Waals surface area contributed by atoms with Gasteiger partial charge in [0.2, 0.25) is 17.7 Å². The van der Waals surface area contributed by atoms with Crippen LogP contribution in [0.5, 0.6) is 0 Å². The van der Waals surface area contributed by atoms with Crippen LogP contribution in [0.2, 0.25) is 0 Å². The van der Waals surface area contributed by atoms with Crippen molar-refractivity contribution in [2.75, 3.05) is 29.0 Å². The molecule has 0 aliphatic carbocycles. The molecular formula is C18H21N5O3S. The zero-order valence-electron chi connectivity index (χ0n) is 15.2. The number of amides is 3. The summed E-state index contributed by atoms with van der Waals surface area (Å²) >= 11 is 1.45. The standard InChI is InChI=1S/C18H21N5O3S/c1-11(24)19-13-4-3-5-14(8-13)21-17(26)10-23-7-6-15-16(9-23)27-18(22-15)20-12(2)25/h3-5,8H,6-7,9-10H2,1-2H3,(H,19,24)(H,21,26)(H,20,22,25). The zero-order valence-corrected chi connectivity index (χ0v) is 16.0. The van der Waals surface area contributed by atoms with Gasteiger partial charge in [-0.05, 0) is 18.2 Å². The Morgan fingerprint density at radius 2 is 1.81 bits per heavy atom. The Hall–Kier alpha value is -2.78. The van der Waals surface area contributed by atoms with Crippen LogP contribution in [0.4, 0.5) is 16.5 Å². The van der Waals surface area contributed by atoms with E-state index in [0.717, 1.165) is 23.5 Å². The molecule has 1 aromatic carbocycles. The third-order valence-electron chi connectivity index (χ3n) is 3.93. The maximum absolute atomic E-state index is 12.4. The van der Waals surface area contributed by atoms with Crippen molar-refractivity contribution in [2.24, 2.45) is 0 Å². The smallest absolute Gasteiger partial charge is 0.238 e. The monoisotopic (exact) mass is 387 g/mol.